The normalized spacial score (nSPS) is 11.7. The first kappa shape index (κ1) is 19.4. The molecule has 138 valence electrons. The zero-order valence-corrected chi connectivity index (χ0v) is 14.2. The van der Waals surface area contributed by atoms with E-state index in [-0.39, 0.29) is 18.8 Å². The molecule has 1 amide bonds. The van der Waals surface area contributed by atoms with Crippen molar-refractivity contribution in [3.05, 3.63) is 65.7 Å². The number of hydrogen-bond donors (Lipinski definition) is 1. The van der Waals surface area contributed by atoms with Gasteiger partial charge in [-0.2, -0.15) is 8.78 Å². The van der Waals surface area contributed by atoms with Gasteiger partial charge in [-0.25, -0.2) is 0 Å². The molecule has 1 atom stereocenters. The summed E-state index contributed by atoms with van der Waals surface area (Å²) in [5.74, 6) is -0.905. The molecule has 0 aromatic heterocycles. The van der Waals surface area contributed by atoms with E-state index in [1.165, 1.54) is 12.1 Å². The van der Waals surface area contributed by atoms with E-state index in [1.54, 1.807) is 19.1 Å². The van der Waals surface area contributed by atoms with E-state index in [4.69, 9.17) is 4.74 Å². The lowest BCUT2D eigenvalue weighted by Crippen LogP contribution is -2.33. The van der Waals surface area contributed by atoms with Crippen molar-refractivity contribution in [2.45, 2.75) is 26.0 Å². The molecular formula is C19H19F2NO4. The van der Waals surface area contributed by atoms with Crippen molar-refractivity contribution in [3.8, 4) is 5.75 Å². The molecule has 0 unspecified atom stereocenters. The number of benzene rings is 2. The van der Waals surface area contributed by atoms with Gasteiger partial charge in [0.2, 0.25) is 0 Å². The van der Waals surface area contributed by atoms with Crippen molar-refractivity contribution >= 4 is 11.9 Å². The van der Waals surface area contributed by atoms with Crippen molar-refractivity contribution in [1.82, 2.24) is 5.32 Å². The highest BCUT2D eigenvalue weighted by molar-refractivity contribution is 5.81. The Labute approximate surface area is 149 Å². The maximum absolute atomic E-state index is 12.3. The fourth-order valence-electron chi connectivity index (χ4n) is 2.30. The van der Waals surface area contributed by atoms with Crippen LogP contribution in [0.1, 0.15) is 30.5 Å². The van der Waals surface area contributed by atoms with Crippen LogP contribution in [0.5, 0.6) is 5.75 Å². The Hall–Kier alpha value is -2.96. The number of hydrogen-bond acceptors (Lipinski definition) is 4. The number of ether oxygens (including phenoxy) is 2. The van der Waals surface area contributed by atoms with E-state index < -0.39 is 24.5 Å². The second-order valence-electron chi connectivity index (χ2n) is 5.37. The lowest BCUT2D eigenvalue weighted by molar-refractivity contribution is -0.148. The Balaban J connectivity index is 2.16. The molecule has 7 heteroatoms. The van der Waals surface area contributed by atoms with Crippen molar-refractivity contribution in [2.75, 3.05) is 6.61 Å². The molecule has 0 saturated heterocycles. The number of carbonyl (C=O) groups excluding carboxylic acids is 2. The van der Waals surface area contributed by atoms with Crippen LogP contribution in [0.2, 0.25) is 0 Å². The van der Waals surface area contributed by atoms with Gasteiger partial charge in [0, 0.05) is 6.42 Å². The molecule has 1 N–H and O–H groups in total. The lowest BCUT2D eigenvalue weighted by atomic mass is 9.98. The number of halogens is 2. The maximum Gasteiger partial charge on any atom is 0.387 e. The van der Waals surface area contributed by atoms with Crippen LogP contribution >= 0.6 is 0 Å². The Kier molecular flexibility index (Phi) is 7.08. The summed E-state index contributed by atoms with van der Waals surface area (Å²) in [7, 11) is 0. The van der Waals surface area contributed by atoms with Gasteiger partial charge in [-0.1, -0.05) is 49.4 Å². The molecule has 0 aliphatic carbocycles. The topological polar surface area (TPSA) is 64.6 Å². The first-order valence-corrected chi connectivity index (χ1v) is 8.04. The third kappa shape index (κ3) is 5.84. The summed E-state index contributed by atoms with van der Waals surface area (Å²) in [6.07, 6.45) is 0.182. The summed E-state index contributed by atoms with van der Waals surface area (Å²) < 4.78 is 33.7. The van der Waals surface area contributed by atoms with Crippen LogP contribution in [0.25, 0.3) is 0 Å². The number of rotatable bonds is 8. The van der Waals surface area contributed by atoms with Crippen LogP contribution in [-0.4, -0.2) is 25.1 Å². The monoisotopic (exact) mass is 363 g/mol. The Morgan fingerprint density at radius 2 is 1.62 bits per heavy atom. The molecule has 26 heavy (non-hydrogen) atoms. The van der Waals surface area contributed by atoms with E-state index in [0.717, 1.165) is 5.56 Å². The molecule has 5 nitrogen and oxygen atoms in total. The largest absolute Gasteiger partial charge is 0.456 e. The van der Waals surface area contributed by atoms with Crippen molar-refractivity contribution in [1.29, 1.82) is 0 Å². The van der Waals surface area contributed by atoms with Gasteiger partial charge < -0.3 is 14.8 Å². The minimum absolute atomic E-state index is 0.0266. The molecule has 0 aliphatic heterocycles. The summed E-state index contributed by atoms with van der Waals surface area (Å²) in [4.78, 5) is 23.3. The summed E-state index contributed by atoms with van der Waals surface area (Å²) >= 11 is 0. The molecule has 0 bridgehead atoms. The molecule has 0 aliphatic rings. The predicted octanol–water partition coefficient (Wildman–Crippen LogP) is 3.45. The summed E-state index contributed by atoms with van der Waals surface area (Å²) in [5.41, 5.74) is 1.47. The minimum Gasteiger partial charge on any atom is -0.456 e. The zero-order chi connectivity index (χ0) is 18.9. The van der Waals surface area contributed by atoms with Gasteiger partial charge in [0.15, 0.2) is 6.61 Å². The molecule has 2 aromatic rings. The average molecular weight is 363 g/mol. The number of amides is 1. The van der Waals surface area contributed by atoms with Crippen molar-refractivity contribution < 1.29 is 27.8 Å². The van der Waals surface area contributed by atoms with E-state index in [0.29, 0.717) is 5.56 Å². The highest BCUT2D eigenvalue weighted by atomic mass is 19.3. The van der Waals surface area contributed by atoms with Gasteiger partial charge in [0.05, 0.1) is 6.04 Å². The summed E-state index contributed by atoms with van der Waals surface area (Å²) in [6, 6.07) is 14.6. The predicted molar refractivity (Wildman–Crippen MR) is 90.8 cm³/mol. The van der Waals surface area contributed by atoms with Gasteiger partial charge in [0.25, 0.3) is 5.91 Å². The van der Waals surface area contributed by atoms with Gasteiger partial charge in [0.1, 0.15) is 5.75 Å². The molecule has 0 radical (unpaired) electrons. The maximum atomic E-state index is 12.3. The number of alkyl halides is 2. The van der Waals surface area contributed by atoms with Crippen LogP contribution in [0.15, 0.2) is 54.6 Å². The van der Waals surface area contributed by atoms with E-state index in [2.05, 4.69) is 10.1 Å². The number of nitrogens with one attached hydrogen (secondary N) is 1. The average Bonchev–Trinajstić information content (AvgIpc) is 2.65. The molecule has 0 heterocycles. The molecule has 0 saturated carbocycles. The van der Waals surface area contributed by atoms with Gasteiger partial charge in [-0.3, -0.25) is 9.59 Å². The highest BCUT2D eigenvalue weighted by Gasteiger charge is 2.18. The third-order valence-electron chi connectivity index (χ3n) is 3.53. The molecule has 0 spiro atoms. The van der Waals surface area contributed by atoms with E-state index in [1.807, 2.05) is 30.3 Å². The van der Waals surface area contributed by atoms with Crippen LogP contribution in [-0.2, 0) is 14.3 Å². The Bertz CT molecular complexity index is 720. The number of esters is 1. The second kappa shape index (κ2) is 9.50. The van der Waals surface area contributed by atoms with Crippen LogP contribution < -0.4 is 10.1 Å². The SMILES string of the molecule is CCC(=O)OCC(=O)N[C@@H](c1ccccc1)c1ccc(OC(F)F)cc1. The van der Waals surface area contributed by atoms with Crippen LogP contribution in [0.4, 0.5) is 8.78 Å². The minimum atomic E-state index is -2.90. The summed E-state index contributed by atoms with van der Waals surface area (Å²) in [6.45, 7) is -1.66. The second-order valence-corrected chi connectivity index (χ2v) is 5.37. The van der Waals surface area contributed by atoms with Crippen molar-refractivity contribution in [3.63, 3.8) is 0 Å². The fourth-order valence-corrected chi connectivity index (χ4v) is 2.30. The number of carbonyl (C=O) groups is 2. The Morgan fingerprint density at radius 1 is 1.00 bits per heavy atom. The fraction of sp³-hybridized carbons (Fsp3) is 0.263. The standard InChI is InChI=1S/C19H19F2NO4/c1-2-17(24)25-12-16(23)22-18(13-6-4-3-5-7-13)14-8-10-15(11-9-14)26-19(20)21/h3-11,18-19H,2,12H2,1H3,(H,22,23)/t18-/m0/s1. The molecule has 2 aromatic carbocycles. The highest BCUT2D eigenvalue weighted by Crippen LogP contribution is 2.24. The quantitative estimate of drug-likeness (QED) is 0.730. The van der Waals surface area contributed by atoms with Gasteiger partial charge >= 0.3 is 12.6 Å². The Morgan fingerprint density at radius 3 is 2.19 bits per heavy atom. The lowest BCUT2D eigenvalue weighted by Gasteiger charge is -2.20. The van der Waals surface area contributed by atoms with E-state index in [9.17, 15) is 18.4 Å². The van der Waals surface area contributed by atoms with Crippen molar-refractivity contribution in [2.24, 2.45) is 0 Å². The summed E-state index contributed by atoms with van der Waals surface area (Å²) in [5, 5.41) is 2.78. The molecular weight excluding hydrogens is 344 g/mol. The third-order valence-corrected chi connectivity index (χ3v) is 3.53. The van der Waals surface area contributed by atoms with Gasteiger partial charge in [-0.15, -0.1) is 0 Å². The molecule has 2 rings (SSSR count). The zero-order valence-electron chi connectivity index (χ0n) is 14.2. The van der Waals surface area contributed by atoms with Crippen LogP contribution in [0.3, 0.4) is 0 Å². The molecule has 0 fully saturated rings. The van der Waals surface area contributed by atoms with Gasteiger partial charge in [-0.05, 0) is 23.3 Å². The first-order valence-electron chi connectivity index (χ1n) is 8.04. The first-order chi connectivity index (χ1) is 12.5. The van der Waals surface area contributed by atoms with Crippen LogP contribution in [0, 0.1) is 0 Å². The smallest absolute Gasteiger partial charge is 0.387 e. The van der Waals surface area contributed by atoms with E-state index >= 15 is 0 Å².